The third kappa shape index (κ3) is 2.91. The standard InChI is InChI=1S/C34H33NO/c1-33-17-6-7-18-34(33,2)35(27-10-8-11-28(22-27)36-3)32-16-14-24(21-31(32)33)23-13-15-30-26(19-23)20-25-9-4-5-12-29(25)30/h4-5,8-16,19,21-22H,6-7,17-18,20H2,1-3H3. The zero-order valence-corrected chi connectivity index (χ0v) is 21.5. The molecular weight excluding hydrogens is 438 g/mol. The maximum absolute atomic E-state index is 5.61. The van der Waals surface area contributed by atoms with Crippen molar-refractivity contribution in [2.75, 3.05) is 12.0 Å². The molecule has 2 atom stereocenters. The second-order valence-corrected chi connectivity index (χ2v) is 11.3. The molecule has 0 bridgehead atoms. The Morgan fingerprint density at radius 1 is 0.722 bits per heavy atom. The van der Waals surface area contributed by atoms with Gasteiger partial charge in [0.2, 0.25) is 0 Å². The summed E-state index contributed by atoms with van der Waals surface area (Å²) in [7, 11) is 1.75. The van der Waals surface area contributed by atoms with Gasteiger partial charge in [0.05, 0.1) is 12.6 Å². The lowest BCUT2D eigenvalue weighted by Gasteiger charge is -2.50. The molecule has 0 amide bonds. The van der Waals surface area contributed by atoms with E-state index < -0.39 is 0 Å². The summed E-state index contributed by atoms with van der Waals surface area (Å²) in [5.41, 5.74) is 12.6. The fraction of sp³-hybridized carbons (Fsp3) is 0.294. The zero-order chi connectivity index (χ0) is 24.5. The van der Waals surface area contributed by atoms with E-state index in [4.69, 9.17) is 4.74 Å². The molecule has 1 heterocycles. The fourth-order valence-electron chi connectivity index (χ4n) is 7.39. The number of hydrogen-bond donors (Lipinski definition) is 0. The Balaban J connectivity index is 1.35. The molecule has 1 aliphatic heterocycles. The van der Waals surface area contributed by atoms with Crippen LogP contribution in [0.5, 0.6) is 5.75 Å². The predicted molar refractivity (Wildman–Crippen MR) is 149 cm³/mol. The Morgan fingerprint density at radius 3 is 2.39 bits per heavy atom. The van der Waals surface area contributed by atoms with Crippen molar-refractivity contribution in [3.05, 3.63) is 102 Å². The van der Waals surface area contributed by atoms with Crippen molar-refractivity contribution in [3.63, 3.8) is 0 Å². The number of anilines is 2. The van der Waals surface area contributed by atoms with Crippen molar-refractivity contribution in [3.8, 4) is 28.0 Å². The van der Waals surface area contributed by atoms with Gasteiger partial charge < -0.3 is 9.64 Å². The minimum absolute atomic E-state index is 0.0398. The van der Waals surface area contributed by atoms with Crippen LogP contribution in [0.1, 0.15) is 56.2 Å². The van der Waals surface area contributed by atoms with Gasteiger partial charge in [-0.3, -0.25) is 0 Å². The normalized spacial score (nSPS) is 23.6. The van der Waals surface area contributed by atoms with Gasteiger partial charge in [0, 0.05) is 22.9 Å². The van der Waals surface area contributed by atoms with Crippen molar-refractivity contribution >= 4 is 11.4 Å². The van der Waals surface area contributed by atoms with Crippen molar-refractivity contribution < 1.29 is 4.74 Å². The molecule has 0 spiro atoms. The largest absolute Gasteiger partial charge is 0.497 e. The van der Waals surface area contributed by atoms with E-state index in [1.807, 2.05) is 6.07 Å². The first-order valence-electron chi connectivity index (χ1n) is 13.3. The molecule has 0 N–H and O–H groups in total. The molecule has 0 saturated heterocycles. The summed E-state index contributed by atoms with van der Waals surface area (Å²) in [4.78, 5) is 2.62. The molecule has 1 fully saturated rings. The van der Waals surface area contributed by atoms with Crippen LogP contribution < -0.4 is 9.64 Å². The average Bonchev–Trinajstić information content (AvgIpc) is 3.38. The summed E-state index contributed by atoms with van der Waals surface area (Å²) in [6, 6.07) is 31.7. The molecule has 2 nitrogen and oxygen atoms in total. The second-order valence-electron chi connectivity index (χ2n) is 11.3. The van der Waals surface area contributed by atoms with E-state index >= 15 is 0 Å². The second kappa shape index (κ2) is 7.74. The van der Waals surface area contributed by atoms with Gasteiger partial charge in [0.15, 0.2) is 0 Å². The number of nitrogens with zero attached hydrogens (tertiary/aromatic N) is 1. The van der Waals surface area contributed by atoms with E-state index in [1.54, 1.807) is 7.11 Å². The van der Waals surface area contributed by atoms with Gasteiger partial charge in [-0.2, -0.15) is 0 Å². The number of benzene rings is 4. The lowest BCUT2D eigenvalue weighted by Crippen LogP contribution is -2.54. The Morgan fingerprint density at radius 2 is 1.50 bits per heavy atom. The summed E-state index contributed by atoms with van der Waals surface area (Å²) in [5.74, 6) is 0.915. The summed E-state index contributed by atoms with van der Waals surface area (Å²) in [6.45, 7) is 4.99. The van der Waals surface area contributed by atoms with Crippen molar-refractivity contribution in [2.24, 2.45) is 0 Å². The first-order chi connectivity index (χ1) is 17.5. The van der Waals surface area contributed by atoms with E-state index in [-0.39, 0.29) is 11.0 Å². The average molecular weight is 472 g/mol. The van der Waals surface area contributed by atoms with Gasteiger partial charge in [0.1, 0.15) is 5.75 Å². The van der Waals surface area contributed by atoms with Gasteiger partial charge >= 0.3 is 0 Å². The van der Waals surface area contributed by atoms with Crippen LogP contribution in [0.2, 0.25) is 0 Å². The van der Waals surface area contributed by atoms with Crippen LogP contribution in [0.15, 0.2) is 84.9 Å². The predicted octanol–water partition coefficient (Wildman–Crippen LogP) is 8.68. The Bertz CT molecular complexity index is 1500. The van der Waals surface area contributed by atoms with Crippen LogP contribution in [-0.2, 0) is 11.8 Å². The number of methoxy groups -OCH3 is 1. The number of fused-ring (bicyclic) bond motifs is 6. The molecule has 4 aromatic carbocycles. The monoisotopic (exact) mass is 471 g/mol. The summed E-state index contributed by atoms with van der Waals surface area (Å²) < 4.78 is 5.61. The van der Waals surface area contributed by atoms with Gasteiger partial charge in [-0.1, -0.05) is 74.4 Å². The van der Waals surface area contributed by atoms with Crippen LogP contribution in [0.3, 0.4) is 0 Å². The topological polar surface area (TPSA) is 12.5 Å². The molecule has 0 aromatic heterocycles. The lowest BCUT2D eigenvalue weighted by molar-refractivity contribution is 0.195. The molecule has 1 saturated carbocycles. The van der Waals surface area contributed by atoms with E-state index in [0.717, 1.165) is 12.2 Å². The molecule has 0 radical (unpaired) electrons. The minimum Gasteiger partial charge on any atom is -0.497 e. The molecule has 2 unspecified atom stereocenters. The van der Waals surface area contributed by atoms with E-state index in [2.05, 4.69) is 97.6 Å². The van der Waals surface area contributed by atoms with Crippen molar-refractivity contribution in [1.29, 1.82) is 0 Å². The third-order valence-corrected chi connectivity index (χ3v) is 9.54. The smallest absolute Gasteiger partial charge is 0.120 e. The molecule has 2 aliphatic carbocycles. The maximum Gasteiger partial charge on any atom is 0.120 e. The SMILES string of the molecule is COc1cccc(N2c3ccc(-c4ccc5c(c4)Cc4ccccc4-5)cc3C3(C)CCCCC23C)c1. The molecular formula is C34H33NO. The van der Waals surface area contributed by atoms with Gasteiger partial charge in [0.25, 0.3) is 0 Å². The summed E-state index contributed by atoms with van der Waals surface area (Å²) >= 11 is 0. The highest BCUT2D eigenvalue weighted by atomic mass is 16.5. The number of rotatable bonds is 3. The van der Waals surface area contributed by atoms with Crippen molar-refractivity contribution in [2.45, 2.75) is 56.9 Å². The first kappa shape index (κ1) is 21.7. The maximum atomic E-state index is 5.61. The molecule has 180 valence electrons. The summed E-state index contributed by atoms with van der Waals surface area (Å²) in [6.07, 6.45) is 6.02. The van der Waals surface area contributed by atoms with Crippen LogP contribution in [0.25, 0.3) is 22.3 Å². The van der Waals surface area contributed by atoms with Crippen LogP contribution in [-0.4, -0.2) is 12.6 Å². The van der Waals surface area contributed by atoms with Gasteiger partial charge in [-0.05, 0) is 89.4 Å². The highest BCUT2D eigenvalue weighted by Crippen LogP contribution is 2.61. The third-order valence-electron chi connectivity index (χ3n) is 9.54. The van der Waals surface area contributed by atoms with E-state index in [1.165, 1.54) is 76.0 Å². The molecule has 7 rings (SSSR count). The Hall–Kier alpha value is -3.52. The van der Waals surface area contributed by atoms with Crippen LogP contribution in [0.4, 0.5) is 11.4 Å². The van der Waals surface area contributed by atoms with Gasteiger partial charge in [-0.25, -0.2) is 0 Å². The van der Waals surface area contributed by atoms with E-state index in [9.17, 15) is 0 Å². The quantitative estimate of drug-likeness (QED) is 0.261. The van der Waals surface area contributed by atoms with Gasteiger partial charge in [-0.15, -0.1) is 0 Å². The molecule has 3 aliphatic rings. The summed E-state index contributed by atoms with van der Waals surface area (Å²) in [5, 5.41) is 0. The van der Waals surface area contributed by atoms with E-state index in [0.29, 0.717) is 0 Å². The Kier molecular flexibility index (Phi) is 4.67. The van der Waals surface area contributed by atoms with Crippen LogP contribution >= 0.6 is 0 Å². The molecule has 36 heavy (non-hydrogen) atoms. The first-order valence-corrected chi connectivity index (χ1v) is 13.3. The highest BCUT2D eigenvalue weighted by Gasteiger charge is 2.57. The van der Waals surface area contributed by atoms with Crippen LogP contribution in [0, 0.1) is 0 Å². The highest BCUT2D eigenvalue weighted by molar-refractivity contribution is 5.83. The molecule has 4 aromatic rings. The Labute approximate surface area is 214 Å². The number of ether oxygens (including phenoxy) is 1. The fourth-order valence-corrected chi connectivity index (χ4v) is 7.39. The lowest BCUT2D eigenvalue weighted by atomic mass is 9.61. The minimum atomic E-state index is 0.0398. The number of hydrogen-bond acceptors (Lipinski definition) is 2. The zero-order valence-electron chi connectivity index (χ0n) is 21.5. The van der Waals surface area contributed by atoms with Crippen molar-refractivity contribution in [1.82, 2.24) is 0 Å². The molecule has 2 heteroatoms.